The minimum Gasteiger partial charge on any atom is -0.456 e. The van der Waals surface area contributed by atoms with E-state index in [-0.39, 0.29) is 5.54 Å². The Balaban J connectivity index is 1.95. The highest BCUT2D eigenvalue weighted by Crippen LogP contribution is 2.50. The van der Waals surface area contributed by atoms with Gasteiger partial charge in [0.05, 0.1) is 0 Å². The molecule has 1 saturated heterocycles. The maximum atomic E-state index is 6.15. The van der Waals surface area contributed by atoms with Crippen molar-refractivity contribution in [1.82, 2.24) is 4.98 Å². The van der Waals surface area contributed by atoms with Gasteiger partial charge in [-0.05, 0) is 63.6 Å². The Morgan fingerprint density at radius 3 is 2.54 bits per heavy atom. The molecule has 1 fully saturated rings. The fourth-order valence-corrected chi connectivity index (χ4v) is 5.17. The molecular weight excluding hydrogens is 320 g/mol. The number of anilines is 1. The number of aromatic nitrogens is 1. The van der Waals surface area contributed by atoms with E-state index in [1.54, 1.807) is 0 Å². The second-order valence-corrected chi connectivity index (χ2v) is 9.23. The van der Waals surface area contributed by atoms with Crippen molar-refractivity contribution >= 4 is 27.6 Å². The van der Waals surface area contributed by atoms with E-state index in [1.807, 2.05) is 6.20 Å². The van der Waals surface area contributed by atoms with Crippen molar-refractivity contribution in [3.05, 3.63) is 35.7 Å². The summed E-state index contributed by atoms with van der Waals surface area (Å²) in [4.78, 5) is 7.23. The van der Waals surface area contributed by atoms with Crippen LogP contribution in [0.4, 0.5) is 5.69 Å². The molecule has 0 radical (unpaired) electrons. The number of benzene rings is 1. The van der Waals surface area contributed by atoms with Gasteiger partial charge in [-0.25, -0.2) is 0 Å². The van der Waals surface area contributed by atoms with Crippen molar-refractivity contribution in [2.45, 2.75) is 72.9 Å². The maximum Gasteiger partial charge on any atom is 0.138 e. The number of aryl methyl sites for hydroxylation is 2. The summed E-state index contributed by atoms with van der Waals surface area (Å²) in [5.74, 6) is 0. The number of hydrogen-bond donors (Lipinski definition) is 0. The van der Waals surface area contributed by atoms with Crippen LogP contribution in [-0.2, 0) is 6.42 Å². The Bertz CT molecular complexity index is 996. The van der Waals surface area contributed by atoms with Crippen molar-refractivity contribution in [3.63, 3.8) is 0 Å². The van der Waals surface area contributed by atoms with Crippen LogP contribution >= 0.6 is 0 Å². The van der Waals surface area contributed by atoms with Gasteiger partial charge in [-0.1, -0.05) is 20.8 Å². The summed E-state index contributed by atoms with van der Waals surface area (Å²) in [6.45, 7) is 16.2. The number of rotatable bonds is 2. The molecule has 1 atom stereocenters. The van der Waals surface area contributed by atoms with Gasteiger partial charge in [-0.15, -0.1) is 0 Å². The van der Waals surface area contributed by atoms with Crippen molar-refractivity contribution in [1.29, 1.82) is 0 Å². The van der Waals surface area contributed by atoms with Crippen LogP contribution in [0.25, 0.3) is 21.9 Å². The average Bonchev–Trinajstić information content (AvgIpc) is 3.00. The number of pyridine rings is 1. The first-order valence-corrected chi connectivity index (χ1v) is 9.76. The first kappa shape index (κ1) is 17.4. The minimum atomic E-state index is 0.133. The topological polar surface area (TPSA) is 29.3 Å². The fraction of sp³-hybridized carbons (Fsp3) is 0.522. The second-order valence-electron chi connectivity index (χ2n) is 9.23. The predicted molar refractivity (Wildman–Crippen MR) is 110 cm³/mol. The van der Waals surface area contributed by atoms with E-state index in [4.69, 9.17) is 4.42 Å². The highest BCUT2D eigenvalue weighted by Gasteiger charge is 2.48. The van der Waals surface area contributed by atoms with Crippen molar-refractivity contribution < 1.29 is 4.42 Å². The normalized spacial score (nSPS) is 21.8. The van der Waals surface area contributed by atoms with Gasteiger partial charge in [0.15, 0.2) is 0 Å². The van der Waals surface area contributed by atoms with Crippen LogP contribution in [0, 0.1) is 12.3 Å². The molecule has 4 rings (SSSR count). The number of nitrogens with zero attached hydrogens (tertiary/aromatic N) is 2. The van der Waals surface area contributed by atoms with Gasteiger partial charge >= 0.3 is 0 Å². The summed E-state index contributed by atoms with van der Waals surface area (Å²) >= 11 is 0. The molecule has 0 bridgehead atoms. The molecule has 0 spiro atoms. The summed E-state index contributed by atoms with van der Waals surface area (Å²) in [6, 6.07) is 6.95. The molecule has 138 valence electrons. The summed E-state index contributed by atoms with van der Waals surface area (Å²) in [5, 5.41) is 2.33. The van der Waals surface area contributed by atoms with Crippen molar-refractivity contribution in [3.8, 4) is 0 Å². The van der Waals surface area contributed by atoms with Crippen LogP contribution < -0.4 is 4.90 Å². The third-order valence-corrected chi connectivity index (χ3v) is 6.49. The summed E-state index contributed by atoms with van der Waals surface area (Å²) in [6.07, 6.45) is 4.09. The van der Waals surface area contributed by atoms with Gasteiger partial charge in [0, 0.05) is 46.0 Å². The molecule has 1 aliphatic rings. The third-order valence-electron chi connectivity index (χ3n) is 6.49. The third kappa shape index (κ3) is 2.36. The predicted octanol–water partition coefficient (Wildman–Crippen LogP) is 6.26. The molecule has 26 heavy (non-hydrogen) atoms. The van der Waals surface area contributed by atoms with E-state index in [0.717, 1.165) is 28.7 Å². The molecule has 0 amide bonds. The highest BCUT2D eigenvalue weighted by molar-refractivity contribution is 6.08. The van der Waals surface area contributed by atoms with Crippen molar-refractivity contribution in [2.24, 2.45) is 5.41 Å². The summed E-state index contributed by atoms with van der Waals surface area (Å²) in [7, 11) is 0. The lowest BCUT2D eigenvalue weighted by molar-refractivity contribution is 0.329. The highest BCUT2D eigenvalue weighted by atomic mass is 16.3. The zero-order chi connectivity index (χ0) is 18.9. The quantitative estimate of drug-likeness (QED) is 0.546. The SMILES string of the molecule is CCc1cc2oc3ccc(N4[C@@H](C)C(C)(C)CC4(C)C)c(C)c3c2cn1. The van der Waals surface area contributed by atoms with Gasteiger partial charge in [0.2, 0.25) is 0 Å². The maximum absolute atomic E-state index is 6.15. The van der Waals surface area contributed by atoms with Crippen LogP contribution in [-0.4, -0.2) is 16.6 Å². The zero-order valence-corrected chi connectivity index (χ0v) is 17.1. The molecule has 0 aliphatic carbocycles. The van der Waals surface area contributed by atoms with Crippen molar-refractivity contribution in [2.75, 3.05) is 4.90 Å². The molecule has 3 aromatic rings. The lowest BCUT2D eigenvalue weighted by atomic mass is 9.82. The Kier molecular flexibility index (Phi) is 3.67. The standard InChI is InChI=1S/C23H30N2O/c1-8-16-11-20-17(12-24-16)21-14(2)18(9-10-19(21)26-20)25-15(3)22(4,5)13-23(25,6)7/h9-12,15H,8,13H2,1-7H3/t15-/m0/s1. The van der Waals surface area contributed by atoms with E-state index in [9.17, 15) is 0 Å². The number of hydrogen-bond acceptors (Lipinski definition) is 3. The molecule has 0 saturated carbocycles. The first-order valence-electron chi connectivity index (χ1n) is 9.76. The number of furan rings is 1. The van der Waals surface area contributed by atoms with E-state index < -0.39 is 0 Å². The van der Waals surface area contributed by atoms with Crippen LogP contribution in [0.3, 0.4) is 0 Å². The van der Waals surface area contributed by atoms with E-state index in [2.05, 4.69) is 76.5 Å². The van der Waals surface area contributed by atoms with Gasteiger partial charge in [-0.3, -0.25) is 4.98 Å². The Hall–Kier alpha value is -2.03. The molecule has 1 aliphatic heterocycles. The number of fused-ring (bicyclic) bond motifs is 3. The summed E-state index contributed by atoms with van der Waals surface area (Å²) < 4.78 is 6.15. The largest absolute Gasteiger partial charge is 0.456 e. The van der Waals surface area contributed by atoms with E-state index in [1.165, 1.54) is 23.1 Å². The van der Waals surface area contributed by atoms with E-state index >= 15 is 0 Å². The lowest BCUT2D eigenvalue weighted by Gasteiger charge is -2.38. The Morgan fingerprint density at radius 1 is 1.19 bits per heavy atom. The van der Waals surface area contributed by atoms with Gasteiger partial charge in [0.1, 0.15) is 11.2 Å². The molecular formula is C23H30N2O. The molecule has 3 nitrogen and oxygen atoms in total. The molecule has 2 aromatic heterocycles. The summed E-state index contributed by atoms with van der Waals surface area (Å²) in [5.41, 5.74) is 6.02. The lowest BCUT2D eigenvalue weighted by Crippen LogP contribution is -2.43. The molecule has 0 unspecified atom stereocenters. The monoisotopic (exact) mass is 350 g/mol. The zero-order valence-electron chi connectivity index (χ0n) is 17.1. The molecule has 3 heteroatoms. The molecule has 3 heterocycles. The Morgan fingerprint density at radius 2 is 1.92 bits per heavy atom. The fourth-order valence-electron chi connectivity index (χ4n) is 5.17. The van der Waals surface area contributed by atoms with E-state index in [0.29, 0.717) is 11.5 Å². The van der Waals surface area contributed by atoms with Crippen LogP contribution in [0.1, 0.15) is 59.2 Å². The molecule has 1 aromatic carbocycles. The van der Waals surface area contributed by atoms with Gasteiger partial charge in [-0.2, -0.15) is 0 Å². The second kappa shape index (κ2) is 5.48. The van der Waals surface area contributed by atoms with Crippen LogP contribution in [0.15, 0.2) is 28.8 Å². The van der Waals surface area contributed by atoms with Gasteiger partial charge < -0.3 is 9.32 Å². The molecule has 0 N–H and O–H groups in total. The van der Waals surface area contributed by atoms with Crippen LogP contribution in [0.2, 0.25) is 0 Å². The van der Waals surface area contributed by atoms with Crippen LogP contribution in [0.5, 0.6) is 0 Å². The average molecular weight is 351 g/mol. The first-order chi connectivity index (χ1) is 12.2. The van der Waals surface area contributed by atoms with Gasteiger partial charge in [0.25, 0.3) is 0 Å². The minimum absolute atomic E-state index is 0.133. The smallest absolute Gasteiger partial charge is 0.138 e. The Labute approximate surface area is 156 Å².